The third-order valence-corrected chi connectivity index (χ3v) is 4.43. The van der Waals surface area contributed by atoms with Gasteiger partial charge in [-0.15, -0.1) is 0 Å². The Morgan fingerprint density at radius 2 is 1.59 bits per heavy atom. The highest BCUT2D eigenvalue weighted by Gasteiger charge is 2.44. The fraction of sp³-hybridized carbons (Fsp3) is 0.688. The van der Waals surface area contributed by atoms with Crippen LogP contribution in [0.25, 0.3) is 0 Å². The lowest BCUT2D eigenvalue weighted by Crippen LogP contribution is -2.40. The van der Waals surface area contributed by atoms with E-state index in [2.05, 4.69) is 0 Å². The smallest absolute Gasteiger partial charge is 0.320 e. The predicted octanol–water partition coefficient (Wildman–Crippen LogP) is 1.73. The highest BCUT2D eigenvalue weighted by molar-refractivity contribution is 5.95. The van der Waals surface area contributed by atoms with Gasteiger partial charge < -0.3 is 14.2 Å². The normalized spacial score (nSPS) is 21.4. The third-order valence-electron chi connectivity index (χ3n) is 4.43. The van der Waals surface area contributed by atoms with Gasteiger partial charge in [0.05, 0.1) is 26.7 Å². The summed E-state index contributed by atoms with van der Waals surface area (Å²) >= 11 is 0. The number of ether oxygens (including phenoxy) is 3. The van der Waals surface area contributed by atoms with Crippen molar-refractivity contribution in [3.05, 3.63) is 12.2 Å². The summed E-state index contributed by atoms with van der Waals surface area (Å²) in [4.78, 5) is 35.8. The number of carbonyl (C=O) groups is 3. The van der Waals surface area contributed by atoms with Gasteiger partial charge in [0, 0.05) is 5.92 Å². The Hall–Kier alpha value is -1.85. The van der Waals surface area contributed by atoms with Gasteiger partial charge in [0.2, 0.25) is 0 Å². The molecule has 0 heterocycles. The summed E-state index contributed by atoms with van der Waals surface area (Å²) in [6.07, 6.45) is 4.91. The van der Waals surface area contributed by atoms with Crippen molar-refractivity contribution in [1.82, 2.24) is 0 Å². The minimum atomic E-state index is -1.01. The number of esters is 3. The Labute approximate surface area is 130 Å². The third kappa shape index (κ3) is 3.67. The van der Waals surface area contributed by atoms with Crippen molar-refractivity contribution in [1.29, 1.82) is 0 Å². The van der Waals surface area contributed by atoms with Crippen LogP contribution in [0.2, 0.25) is 0 Å². The van der Waals surface area contributed by atoms with E-state index >= 15 is 0 Å². The first kappa shape index (κ1) is 18.2. The lowest BCUT2D eigenvalue weighted by molar-refractivity contribution is -0.161. The molecule has 22 heavy (non-hydrogen) atoms. The molecule has 0 saturated heterocycles. The maximum Gasteiger partial charge on any atom is 0.320 e. The molecule has 0 saturated carbocycles. The number of carbonyl (C=O) groups excluding carboxylic acids is 3. The van der Waals surface area contributed by atoms with Crippen LogP contribution in [0.1, 0.15) is 26.7 Å². The van der Waals surface area contributed by atoms with Crippen LogP contribution >= 0.6 is 0 Å². The maximum atomic E-state index is 12.0. The lowest BCUT2D eigenvalue weighted by atomic mass is 9.68. The van der Waals surface area contributed by atoms with Crippen molar-refractivity contribution < 1.29 is 28.6 Å². The second-order valence-electron chi connectivity index (χ2n) is 6.00. The summed E-state index contributed by atoms with van der Waals surface area (Å²) in [5.74, 6) is -2.97. The summed E-state index contributed by atoms with van der Waals surface area (Å²) < 4.78 is 14.3. The minimum Gasteiger partial charge on any atom is -0.469 e. The highest BCUT2D eigenvalue weighted by atomic mass is 16.5. The van der Waals surface area contributed by atoms with Gasteiger partial charge in [0.1, 0.15) is 0 Å². The molecule has 0 aromatic rings. The summed E-state index contributed by atoms with van der Waals surface area (Å²) in [7, 11) is 3.83. The summed E-state index contributed by atoms with van der Waals surface area (Å²) in [6.45, 7) is 3.62. The highest BCUT2D eigenvalue weighted by Crippen LogP contribution is 2.41. The molecule has 0 bridgehead atoms. The average Bonchev–Trinajstić information content (AvgIpc) is 2.53. The molecule has 0 fully saturated rings. The van der Waals surface area contributed by atoms with Crippen LogP contribution in [0, 0.1) is 23.2 Å². The van der Waals surface area contributed by atoms with Gasteiger partial charge in [0.25, 0.3) is 0 Å². The Morgan fingerprint density at radius 3 is 2.05 bits per heavy atom. The van der Waals surface area contributed by atoms with E-state index in [-0.39, 0.29) is 17.8 Å². The van der Waals surface area contributed by atoms with Crippen LogP contribution < -0.4 is 0 Å². The van der Waals surface area contributed by atoms with Crippen molar-refractivity contribution in [3.8, 4) is 0 Å². The van der Waals surface area contributed by atoms with Gasteiger partial charge in [-0.2, -0.15) is 0 Å². The lowest BCUT2D eigenvalue weighted by Gasteiger charge is -2.36. The molecule has 1 aliphatic rings. The van der Waals surface area contributed by atoms with E-state index in [0.29, 0.717) is 12.8 Å². The zero-order valence-corrected chi connectivity index (χ0v) is 13.8. The van der Waals surface area contributed by atoms with E-state index in [4.69, 9.17) is 14.2 Å². The van der Waals surface area contributed by atoms with Crippen molar-refractivity contribution in [2.24, 2.45) is 23.2 Å². The predicted molar refractivity (Wildman–Crippen MR) is 78.7 cm³/mol. The first-order valence-electron chi connectivity index (χ1n) is 7.20. The van der Waals surface area contributed by atoms with E-state index < -0.39 is 23.3 Å². The van der Waals surface area contributed by atoms with Gasteiger partial charge in [-0.25, -0.2) is 0 Å². The molecule has 6 nitrogen and oxygen atoms in total. The van der Waals surface area contributed by atoms with Crippen LogP contribution in [-0.4, -0.2) is 39.2 Å². The molecule has 6 heteroatoms. The van der Waals surface area contributed by atoms with Gasteiger partial charge >= 0.3 is 17.9 Å². The molecule has 1 rings (SSSR count). The molecule has 0 N–H and O–H groups in total. The van der Waals surface area contributed by atoms with Crippen molar-refractivity contribution in [3.63, 3.8) is 0 Å². The van der Waals surface area contributed by atoms with E-state index in [1.54, 1.807) is 0 Å². The average molecular weight is 312 g/mol. The molecule has 0 aromatic carbocycles. The molecular formula is C16H24O6. The van der Waals surface area contributed by atoms with Crippen molar-refractivity contribution in [2.45, 2.75) is 26.7 Å². The summed E-state index contributed by atoms with van der Waals surface area (Å²) in [5, 5.41) is 0. The van der Waals surface area contributed by atoms with Crippen molar-refractivity contribution >= 4 is 17.9 Å². The van der Waals surface area contributed by atoms with E-state index in [0.717, 1.165) is 0 Å². The number of methoxy groups -OCH3 is 3. The van der Waals surface area contributed by atoms with Gasteiger partial charge in [-0.3, -0.25) is 14.4 Å². The fourth-order valence-electron chi connectivity index (χ4n) is 2.89. The Balaban J connectivity index is 3.00. The second-order valence-corrected chi connectivity index (χ2v) is 6.00. The van der Waals surface area contributed by atoms with Gasteiger partial charge in [0.15, 0.2) is 5.92 Å². The minimum absolute atomic E-state index is 0.0354. The number of allylic oxidation sites excluding steroid dienone is 2. The zero-order valence-electron chi connectivity index (χ0n) is 13.8. The molecule has 0 aromatic heterocycles. The quantitative estimate of drug-likeness (QED) is 0.333. The van der Waals surface area contributed by atoms with E-state index in [9.17, 15) is 14.4 Å². The van der Waals surface area contributed by atoms with Crippen LogP contribution in [0.3, 0.4) is 0 Å². The number of hydrogen-bond acceptors (Lipinski definition) is 6. The van der Waals surface area contributed by atoms with E-state index in [1.165, 1.54) is 21.3 Å². The molecule has 1 aliphatic carbocycles. The summed E-state index contributed by atoms with van der Waals surface area (Å²) in [6, 6.07) is 0. The summed E-state index contributed by atoms with van der Waals surface area (Å²) in [5.41, 5.74) is -0.700. The molecule has 0 unspecified atom stereocenters. The molecule has 0 spiro atoms. The molecule has 0 radical (unpaired) electrons. The molecule has 0 amide bonds. The SMILES string of the molecule is COC(=O)C(C(=O)OC)[C@@H]1C=CC[C@H](C(C)(C)C(=O)OC)C1. The zero-order chi connectivity index (χ0) is 16.9. The number of hydrogen-bond donors (Lipinski definition) is 0. The van der Waals surface area contributed by atoms with Gasteiger partial charge in [-0.05, 0) is 32.6 Å². The Bertz CT molecular complexity index is 449. The first-order valence-corrected chi connectivity index (χ1v) is 7.20. The van der Waals surface area contributed by atoms with Crippen molar-refractivity contribution in [2.75, 3.05) is 21.3 Å². The molecule has 0 aliphatic heterocycles. The molecule has 2 atom stereocenters. The standard InChI is InChI=1S/C16H24O6/c1-16(2,15(19)22-5)11-8-6-7-10(9-11)12(13(17)20-3)14(18)21-4/h6-7,10-12H,8-9H2,1-5H3/t10-,11+/m1/s1. The van der Waals surface area contributed by atoms with E-state index in [1.807, 2.05) is 26.0 Å². The monoisotopic (exact) mass is 312 g/mol. The molecule has 124 valence electrons. The van der Waals surface area contributed by atoms with Gasteiger partial charge in [-0.1, -0.05) is 12.2 Å². The number of rotatable bonds is 5. The van der Waals surface area contributed by atoms with Crippen LogP contribution in [0.5, 0.6) is 0 Å². The second kappa shape index (κ2) is 7.42. The van der Waals surface area contributed by atoms with Crippen LogP contribution in [-0.2, 0) is 28.6 Å². The van der Waals surface area contributed by atoms with Crippen LogP contribution in [0.15, 0.2) is 12.2 Å². The van der Waals surface area contributed by atoms with Crippen LogP contribution in [0.4, 0.5) is 0 Å². The molecular weight excluding hydrogens is 288 g/mol. The topological polar surface area (TPSA) is 78.9 Å². The first-order chi connectivity index (χ1) is 10.3. The Morgan fingerprint density at radius 1 is 1.05 bits per heavy atom. The Kier molecular flexibility index (Phi) is 6.14. The largest absolute Gasteiger partial charge is 0.469 e. The fourth-order valence-corrected chi connectivity index (χ4v) is 2.89. The maximum absolute atomic E-state index is 12.0.